The largest absolute Gasteiger partial charge is 0.475 e. The van der Waals surface area contributed by atoms with Crippen molar-refractivity contribution in [1.29, 1.82) is 0 Å². The number of ether oxygens (including phenoxy) is 1. The molecule has 3 nitrogen and oxygen atoms in total. The van der Waals surface area contributed by atoms with Crippen LogP contribution in [0.2, 0.25) is 5.02 Å². The van der Waals surface area contributed by atoms with Gasteiger partial charge in [0.1, 0.15) is 6.61 Å². The molecule has 1 atom stereocenters. The fourth-order valence-corrected chi connectivity index (χ4v) is 1.20. The van der Waals surface area contributed by atoms with Gasteiger partial charge in [-0.1, -0.05) is 11.6 Å². The molecule has 5 heteroatoms. The van der Waals surface area contributed by atoms with E-state index in [1.165, 1.54) is 6.20 Å². The molecule has 0 aliphatic carbocycles. The van der Waals surface area contributed by atoms with Crippen LogP contribution < -0.4 is 4.74 Å². The third-order valence-corrected chi connectivity index (χ3v) is 2.01. The van der Waals surface area contributed by atoms with Crippen LogP contribution in [0, 0.1) is 0 Å². The zero-order chi connectivity index (χ0) is 10.4. The van der Waals surface area contributed by atoms with Crippen LogP contribution in [0.25, 0.3) is 0 Å². The van der Waals surface area contributed by atoms with Gasteiger partial charge in [-0.15, -0.1) is 11.6 Å². The molecular weight excluding hydrogens is 225 g/mol. The molecule has 0 aliphatic heterocycles. The van der Waals surface area contributed by atoms with Gasteiger partial charge in [0.05, 0.1) is 11.1 Å². The van der Waals surface area contributed by atoms with Crippen molar-refractivity contribution in [3.63, 3.8) is 0 Å². The van der Waals surface area contributed by atoms with E-state index in [4.69, 9.17) is 27.9 Å². The van der Waals surface area contributed by atoms with E-state index >= 15 is 0 Å². The maximum absolute atomic E-state index is 9.30. The van der Waals surface area contributed by atoms with Crippen molar-refractivity contribution >= 4 is 23.2 Å². The molecule has 1 aromatic rings. The Morgan fingerprint density at radius 2 is 2.29 bits per heavy atom. The summed E-state index contributed by atoms with van der Waals surface area (Å²) in [6, 6.07) is 3.33. The Bertz CT molecular complexity index is 266. The van der Waals surface area contributed by atoms with Crippen LogP contribution in [-0.2, 0) is 0 Å². The summed E-state index contributed by atoms with van der Waals surface area (Å²) in [5.41, 5.74) is 0. The Morgan fingerprint density at radius 1 is 1.50 bits per heavy atom. The van der Waals surface area contributed by atoms with E-state index < -0.39 is 6.10 Å². The number of hydrogen-bond acceptors (Lipinski definition) is 3. The SMILES string of the molecule is OC(CCCl)COc1ccc(Cl)cn1. The summed E-state index contributed by atoms with van der Waals surface area (Å²) in [6.07, 6.45) is 1.45. The minimum Gasteiger partial charge on any atom is -0.475 e. The van der Waals surface area contributed by atoms with Gasteiger partial charge in [-0.05, 0) is 12.5 Å². The lowest BCUT2D eigenvalue weighted by molar-refractivity contribution is 0.102. The Labute approximate surface area is 92.6 Å². The molecule has 0 aliphatic rings. The molecule has 0 spiro atoms. The molecule has 0 fully saturated rings. The summed E-state index contributed by atoms with van der Waals surface area (Å²) < 4.78 is 5.20. The van der Waals surface area contributed by atoms with Gasteiger partial charge >= 0.3 is 0 Å². The second-order valence-electron chi connectivity index (χ2n) is 2.76. The predicted molar refractivity (Wildman–Crippen MR) is 56.1 cm³/mol. The quantitative estimate of drug-likeness (QED) is 0.796. The van der Waals surface area contributed by atoms with Gasteiger partial charge in [-0.25, -0.2) is 4.98 Å². The van der Waals surface area contributed by atoms with Crippen molar-refractivity contribution in [1.82, 2.24) is 4.98 Å². The van der Waals surface area contributed by atoms with Crippen molar-refractivity contribution in [2.45, 2.75) is 12.5 Å². The molecule has 0 aromatic carbocycles. The minimum absolute atomic E-state index is 0.196. The molecule has 1 N–H and O–H groups in total. The van der Waals surface area contributed by atoms with Crippen LogP contribution in [0.4, 0.5) is 0 Å². The highest BCUT2D eigenvalue weighted by Gasteiger charge is 2.04. The van der Waals surface area contributed by atoms with E-state index in [1.807, 2.05) is 0 Å². The summed E-state index contributed by atoms with van der Waals surface area (Å²) in [5.74, 6) is 0.862. The Kier molecular flexibility index (Phi) is 5.01. The lowest BCUT2D eigenvalue weighted by Gasteiger charge is -2.09. The van der Waals surface area contributed by atoms with Gasteiger partial charge in [-0.2, -0.15) is 0 Å². The van der Waals surface area contributed by atoms with Crippen LogP contribution in [0.15, 0.2) is 18.3 Å². The fourth-order valence-electron chi connectivity index (χ4n) is 0.838. The van der Waals surface area contributed by atoms with E-state index in [9.17, 15) is 5.11 Å². The van der Waals surface area contributed by atoms with Gasteiger partial charge in [0, 0.05) is 18.1 Å². The highest BCUT2D eigenvalue weighted by Crippen LogP contribution is 2.11. The molecule has 1 unspecified atom stereocenters. The molecule has 1 heterocycles. The normalized spacial score (nSPS) is 12.5. The van der Waals surface area contributed by atoms with Crippen molar-refractivity contribution < 1.29 is 9.84 Å². The van der Waals surface area contributed by atoms with Crippen LogP contribution in [0.5, 0.6) is 5.88 Å². The third kappa shape index (κ3) is 4.13. The van der Waals surface area contributed by atoms with Crippen LogP contribution >= 0.6 is 23.2 Å². The van der Waals surface area contributed by atoms with Crippen molar-refractivity contribution in [3.8, 4) is 5.88 Å². The smallest absolute Gasteiger partial charge is 0.213 e. The van der Waals surface area contributed by atoms with Crippen molar-refractivity contribution in [2.75, 3.05) is 12.5 Å². The molecule has 0 saturated heterocycles. The van der Waals surface area contributed by atoms with E-state index in [0.717, 1.165) is 0 Å². The molecule has 1 aromatic heterocycles. The molecule has 1 rings (SSSR count). The molecule has 0 radical (unpaired) electrons. The highest BCUT2D eigenvalue weighted by atomic mass is 35.5. The van der Waals surface area contributed by atoms with E-state index in [1.54, 1.807) is 12.1 Å². The maximum Gasteiger partial charge on any atom is 0.213 e. The zero-order valence-electron chi connectivity index (χ0n) is 7.49. The minimum atomic E-state index is -0.551. The third-order valence-electron chi connectivity index (χ3n) is 1.57. The summed E-state index contributed by atoms with van der Waals surface area (Å²) in [7, 11) is 0. The number of alkyl halides is 1. The molecule has 14 heavy (non-hydrogen) atoms. The number of aromatic nitrogens is 1. The zero-order valence-corrected chi connectivity index (χ0v) is 9.00. The van der Waals surface area contributed by atoms with Crippen LogP contribution in [0.1, 0.15) is 6.42 Å². The number of halogens is 2. The maximum atomic E-state index is 9.30. The van der Waals surface area contributed by atoms with Crippen LogP contribution in [0.3, 0.4) is 0 Å². The van der Waals surface area contributed by atoms with Gasteiger partial charge < -0.3 is 9.84 Å². The topological polar surface area (TPSA) is 42.4 Å². The van der Waals surface area contributed by atoms with Crippen molar-refractivity contribution in [2.24, 2.45) is 0 Å². The average Bonchev–Trinajstić information content (AvgIpc) is 2.17. The number of rotatable bonds is 5. The number of nitrogens with zero attached hydrogens (tertiary/aromatic N) is 1. The first kappa shape index (κ1) is 11.6. The van der Waals surface area contributed by atoms with E-state index in [2.05, 4.69) is 4.98 Å². The Morgan fingerprint density at radius 3 is 2.86 bits per heavy atom. The lowest BCUT2D eigenvalue weighted by Crippen LogP contribution is -2.18. The predicted octanol–water partition coefficient (Wildman–Crippen LogP) is 2.10. The molecular formula is C9H11Cl2NO2. The number of aliphatic hydroxyl groups is 1. The molecule has 0 saturated carbocycles. The summed E-state index contributed by atoms with van der Waals surface area (Å²) >= 11 is 11.1. The first-order chi connectivity index (χ1) is 6.72. The second-order valence-corrected chi connectivity index (χ2v) is 3.57. The summed E-state index contributed by atoms with van der Waals surface area (Å²) in [4.78, 5) is 3.91. The molecule has 78 valence electrons. The molecule has 0 amide bonds. The van der Waals surface area contributed by atoms with Gasteiger partial charge in [0.15, 0.2) is 0 Å². The van der Waals surface area contributed by atoms with Gasteiger partial charge in [0.2, 0.25) is 5.88 Å². The van der Waals surface area contributed by atoms with Gasteiger partial charge in [-0.3, -0.25) is 0 Å². The fraction of sp³-hybridized carbons (Fsp3) is 0.444. The van der Waals surface area contributed by atoms with E-state index in [0.29, 0.717) is 23.2 Å². The molecule has 0 bridgehead atoms. The monoisotopic (exact) mass is 235 g/mol. The second kappa shape index (κ2) is 6.06. The number of aliphatic hydroxyl groups excluding tert-OH is 1. The van der Waals surface area contributed by atoms with Crippen LogP contribution in [-0.4, -0.2) is 28.7 Å². The number of pyridine rings is 1. The first-order valence-electron chi connectivity index (χ1n) is 4.20. The van der Waals surface area contributed by atoms with Crippen molar-refractivity contribution in [3.05, 3.63) is 23.4 Å². The van der Waals surface area contributed by atoms with E-state index in [-0.39, 0.29) is 6.61 Å². The lowest BCUT2D eigenvalue weighted by atomic mass is 10.3. The average molecular weight is 236 g/mol. The summed E-state index contributed by atoms with van der Waals surface area (Å²) in [5, 5.41) is 9.86. The number of hydrogen-bond donors (Lipinski definition) is 1. The highest BCUT2D eigenvalue weighted by molar-refractivity contribution is 6.30. The standard InChI is InChI=1S/C9H11Cl2NO2/c10-4-3-8(13)6-14-9-2-1-7(11)5-12-9/h1-2,5,8,13H,3-4,6H2. The summed E-state index contributed by atoms with van der Waals surface area (Å²) in [6.45, 7) is 0.196. The first-order valence-corrected chi connectivity index (χ1v) is 5.12. The van der Waals surface area contributed by atoms with Gasteiger partial charge in [0.25, 0.3) is 0 Å². The Balaban J connectivity index is 2.34. The Hall–Kier alpha value is -0.510.